The van der Waals surface area contributed by atoms with Crippen molar-refractivity contribution in [3.05, 3.63) is 71.1 Å². The number of unbranched alkanes of at least 4 members (excludes halogenated alkanes) is 1. The van der Waals surface area contributed by atoms with Gasteiger partial charge in [-0.3, -0.25) is 4.98 Å². The van der Waals surface area contributed by atoms with Crippen molar-refractivity contribution in [3.63, 3.8) is 0 Å². The molecule has 172 valence electrons. The molecule has 2 aliphatic rings. The number of aromatic nitrogens is 1. The molecule has 0 bridgehead atoms. The maximum absolute atomic E-state index is 4.97. The van der Waals surface area contributed by atoms with Crippen molar-refractivity contribution in [1.29, 1.82) is 0 Å². The predicted molar refractivity (Wildman–Crippen MR) is 142 cm³/mol. The Hall–Kier alpha value is -2.15. The van der Waals surface area contributed by atoms with Crippen molar-refractivity contribution in [2.75, 3.05) is 0 Å². The third-order valence-electron chi connectivity index (χ3n) is 7.33. The third kappa shape index (κ3) is 4.36. The summed E-state index contributed by atoms with van der Waals surface area (Å²) in [4.78, 5) is 4.97. The lowest BCUT2D eigenvalue weighted by Gasteiger charge is -2.45. The van der Waals surface area contributed by atoms with Gasteiger partial charge in [0.1, 0.15) is 0 Å². The van der Waals surface area contributed by atoms with Crippen molar-refractivity contribution in [3.8, 4) is 0 Å². The van der Waals surface area contributed by atoms with Crippen LogP contribution in [0.1, 0.15) is 92.8 Å². The summed E-state index contributed by atoms with van der Waals surface area (Å²) >= 11 is 0. The number of hydrogen-bond donors (Lipinski definition) is 0. The van der Waals surface area contributed by atoms with E-state index in [1.807, 2.05) is 6.20 Å². The van der Waals surface area contributed by atoms with Crippen LogP contribution in [0.25, 0.3) is 16.3 Å². The number of rotatable bonds is 4. The Morgan fingerprint density at radius 2 is 1.81 bits per heavy atom. The lowest BCUT2D eigenvalue weighted by molar-refractivity contribution is 0.347. The van der Waals surface area contributed by atoms with Crippen LogP contribution in [0.3, 0.4) is 0 Å². The van der Waals surface area contributed by atoms with Crippen LogP contribution in [-0.2, 0) is 5.41 Å². The monoisotopic (exact) mass is 429 g/mol. The molecule has 0 N–H and O–H groups in total. The molecule has 0 saturated heterocycles. The summed E-state index contributed by atoms with van der Waals surface area (Å²) in [5.74, 6) is 1.01. The van der Waals surface area contributed by atoms with E-state index in [1.54, 1.807) is 0 Å². The van der Waals surface area contributed by atoms with Crippen LogP contribution in [-0.4, -0.2) is 4.98 Å². The van der Waals surface area contributed by atoms with Gasteiger partial charge in [-0.05, 0) is 58.8 Å². The van der Waals surface area contributed by atoms with Gasteiger partial charge in [-0.25, -0.2) is 0 Å². The van der Waals surface area contributed by atoms with Gasteiger partial charge in [-0.15, -0.1) is 0 Å². The van der Waals surface area contributed by atoms with E-state index >= 15 is 0 Å². The minimum atomic E-state index is -0.0119. The molecule has 0 radical (unpaired) electrons. The molecule has 4 rings (SSSR count). The molecule has 0 spiro atoms. The average Bonchev–Trinajstić information content (AvgIpc) is 2.76. The first-order valence-electron chi connectivity index (χ1n) is 12.6. The molecule has 2 aliphatic carbocycles. The van der Waals surface area contributed by atoms with E-state index in [4.69, 9.17) is 4.98 Å². The summed E-state index contributed by atoms with van der Waals surface area (Å²) in [6, 6.07) is 8.89. The summed E-state index contributed by atoms with van der Waals surface area (Å²) in [6.45, 7) is 20.7. The van der Waals surface area contributed by atoms with E-state index in [1.165, 1.54) is 51.6 Å². The number of allylic oxidation sites excluding steroid dienone is 6. The minimum absolute atomic E-state index is 0.0119. The van der Waals surface area contributed by atoms with Crippen LogP contribution in [0, 0.1) is 17.3 Å². The Labute approximate surface area is 196 Å². The van der Waals surface area contributed by atoms with Crippen LogP contribution in [0.2, 0.25) is 0 Å². The van der Waals surface area contributed by atoms with E-state index in [0.29, 0.717) is 11.8 Å². The van der Waals surface area contributed by atoms with Gasteiger partial charge in [0.2, 0.25) is 0 Å². The second-order valence-electron chi connectivity index (χ2n) is 11.1. The fraction of sp³-hybridized carbons (Fsp3) is 0.516. The van der Waals surface area contributed by atoms with Crippen LogP contribution in [0.15, 0.2) is 59.8 Å². The Kier molecular flexibility index (Phi) is 7.18. The second-order valence-corrected chi connectivity index (χ2v) is 11.1. The highest BCUT2D eigenvalue weighted by Gasteiger charge is 2.43. The zero-order valence-electron chi connectivity index (χ0n) is 21.8. The molecule has 32 heavy (non-hydrogen) atoms. The number of nitrogens with zero attached hydrogens (tertiary/aromatic N) is 1. The van der Waals surface area contributed by atoms with Gasteiger partial charge in [0.05, 0.1) is 5.69 Å². The number of hydrogen-bond acceptors (Lipinski definition) is 1. The SMILES string of the molecule is CC1=CCC(C(C)(C)C=CC(C)C)C2=C1C(C)(C)c1cccc3ccnc2c13.CCCC. The molecule has 1 heterocycles. The molecule has 0 fully saturated rings. The first-order valence-corrected chi connectivity index (χ1v) is 12.6. The molecule has 1 atom stereocenters. The topological polar surface area (TPSA) is 12.9 Å². The van der Waals surface area contributed by atoms with Crippen LogP contribution >= 0.6 is 0 Å². The minimum Gasteiger partial charge on any atom is -0.256 e. The van der Waals surface area contributed by atoms with E-state index in [0.717, 1.165) is 6.42 Å². The summed E-state index contributed by atoms with van der Waals surface area (Å²) in [5, 5.41) is 2.67. The Balaban J connectivity index is 0.000000668. The van der Waals surface area contributed by atoms with Crippen molar-refractivity contribution in [1.82, 2.24) is 4.98 Å². The zero-order chi connectivity index (χ0) is 23.7. The lowest BCUT2D eigenvalue weighted by Crippen LogP contribution is -2.34. The van der Waals surface area contributed by atoms with Crippen LogP contribution in [0.5, 0.6) is 0 Å². The third-order valence-corrected chi connectivity index (χ3v) is 7.33. The highest BCUT2D eigenvalue weighted by molar-refractivity contribution is 6.00. The van der Waals surface area contributed by atoms with Crippen LogP contribution < -0.4 is 0 Å². The quantitative estimate of drug-likeness (QED) is 0.441. The van der Waals surface area contributed by atoms with Gasteiger partial charge in [-0.1, -0.05) is 110 Å². The molecule has 1 nitrogen and oxygen atoms in total. The fourth-order valence-electron chi connectivity index (χ4n) is 5.34. The Morgan fingerprint density at radius 1 is 1.12 bits per heavy atom. The second kappa shape index (κ2) is 9.38. The van der Waals surface area contributed by atoms with E-state index in [9.17, 15) is 0 Å². The molecule has 0 amide bonds. The maximum atomic E-state index is 4.97. The molecule has 0 aliphatic heterocycles. The van der Waals surface area contributed by atoms with E-state index in [-0.39, 0.29) is 10.8 Å². The molecule has 2 aromatic rings. The summed E-state index contributed by atoms with van der Waals surface area (Å²) < 4.78 is 0. The van der Waals surface area contributed by atoms with Gasteiger partial charge in [0.25, 0.3) is 0 Å². The van der Waals surface area contributed by atoms with Gasteiger partial charge in [0, 0.05) is 17.0 Å². The van der Waals surface area contributed by atoms with Crippen molar-refractivity contribution < 1.29 is 0 Å². The smallest absolute Gasteiger partial charge is 0.0749 e. The van der Waals surface area contributed by atoms with Crippen LogP contribution in [0.4, 0.5) is 0 Å². The Morgan fingerprint density at radius 3 is 2.44 bits per heavy atom. The summed E-state index contributed by atoms with van der Waals surface area (Å²) in [7, 11) is 0. The summed E-state index contributed by atoms with van der Waals surface area (Å²) in [6.07, 6.45) is 13.0. The molecule has 0 saturated carbocycles. The zero-order valence-corrected chi connectivity index (χ0v) is 21.8. The standard InChI is InChI=1S/C27H33N.C4H10/c1-17(2)13-15-26(4,5)20-12-11-18(3)24-23(20)25-22-19(14-16-28-25)9-8-10-21(22)27(24,6)7;1-3-4-2/h8-11,13-17,20H,12H2,1-7H3;3-4H2,1-2H3. The van der Waals surface area contributed by atoms with E-state index < -0.39 is 0 Å². The first kappa shape index (κ1) is 24.5. The molecule has 1 aromatic carbocycles. The van der Waals surface area contributed by atoms with Gasteiger partial charge >= 0.3 is 0 Å². The first-order chi connectivity index (χ1) is 15.1. The molecular formula is C31H43N. The van der Waals surface area contributed by atoms with Crippen molar-refractivity contribution in [2.45, 2.75) is 87.0 Å². The average molecular weight is 430 g/mol. The van der Waals surface area contributed by atoms with Gasteiger partial charge < -0.3 is 0 Å². The normalized spacial score (nSPS) is 19.7. The molecular weight excluding hydrogens is 386 g/mol. The summed E-state index contributed by atoms with van der Waals surface area (Å²) in [5.41, 5.74) is 7.09. The molecule has 1 aromatic heterocycles. The Bertz CT molecular complexity index is 1050. The van der Waals surface area contributed by atoms with E-state index in [2.05, 4.69) is 105 Å². The lowest BCUT2D eigenvalue weighted by atomic mass is 9.59. The highest BCUT2D eigenvalue weighted by Crippen LogP contribution is 2.56. The van der Waals surface area contributed by atoms with Gasteiger partial charge in [-0.2, -0.15) is 0 Å². The largest absolute Gasteiger partial charge is 0.256 e. The fourth-order valence-corrected chi connectivity index (χ4v) is 5.34. The number of benzene rings is 1. The predicted octanol–water partition coefficient (Wildman–Crippen LogP) is 9.29. The molecule has 1 heteroatoms. The van der Waals surface area contributed by atoms with Gasteiger partial charge in [0.15, 0.2) is 0 Å². The highest BCUT2D eigenvalue weighted by atomic mass is 14.7. The van der Waals surface area contributed by atoms with Crippen molar-refractivity contribution >= 4 is 16.3 Å². The molecule has 1 unspecified atom stereocenters. The van der Waals surface area contributed by atoms with Crippen molar-refractivity contribution in [2.24, 2.45) is 17.3 Å². The number of pyridine rings is 1. The number of fused-ring (bicyclic) bond motifs is 1. The maximum Gasteiger partial charge on any atom is 0.0749 e.